The number of nitrogens with zero attached hydrogens (tertiary/aromatic N) is 4. The SMILES string of the molecule is CCCCCCCCCCCCn1cc[n+](Cc2ccccc2)c1C.Cc1n(Cc2ccccc2)cc[n+]1Cc1ccccc1.[Cl-].[Cl-]. The Labute approximate surface area is 297 Å². The maximum absolute atomic E-state index is 2.41. The third-order valence-corrected chi connectivity index (χ3v) is 8.86. The van der Waals surface area contributed by atoms with Crippen molar-refractivity contribution in [3.05, 3.63) is 144 Å². The molecular formula is C41H56Cl2N4. The molecule has 0 amide bonds. The molecular weight excluding hydrogens is 619 g/mol. The highest BCUT2D eigenvalue weighted by molar-refractivity contribution is 5.16. The predicted molar refractivity (Wildman–Crippen MR) is 187 cm³/mol. The lowest BCUT2D eigenvalue weighted by Crippen LogP contribution is -3.00. The number of halogens is 2. The topological polar surface area (TPSA) is 17.6 Å². The molecule has 0 N–H and O–H groups in total. The monoisotopic (exact) mass is 674 g/mol. The number of benzene rings is 3. The summed E-state index contributed by atoms with van der Waals surface area (Å²) in [5, 5.41) is 0. The van der Waals surface area contributed by atoms with Crippen LogP contribution in [0.1, 0.15) is 99.5 Å². The molecule has 0 spiro atoms. The molecule has 3 aromatic carbocycles. The molecule has 0 saturated heterocycles. The van der Waals surface area contributed by atoms with Crippen LogP contribution in [0.15, 0.2) is 116 Å². The molecule has 0 unspecified atom stereocenters. The van der Waals surface area contributed by atoms with Gasteiger partial charge in [0.15, 0.2) is 0 Å². The number of hydrogen-bond acceptors (Lipinski definition) is 0. The molecule has 0 fully saturated rings. The van der Waals surface area contributed by atoms with Gasteiger partial charge in [0.05, 0.1) is 6.54 Å². The average Bonchev–Trinajstić information content (AvgIpc) is 3.60. The summed E-state index contributed by atoms with van der Waals surface area (Å²) in [6, 6.07) is 31.9. The molecule has 5 aromatic rings. The summed E-state index contributed by atoms with van der Waals surface area (Å²) >= 11 is 0. The molecule has 2 aromatic heterocycles. The smallest absolute Gasteiger partial charge is 0.253 e. The van der Waals surface area contributed by atoms with Crippen LogP contribution in [-0.2, 0) is 26.2 Å². The highest BCUT2D eigenvalue weighted by Gasteiger charge is 2.13. The molecule has 47 heavy (non-hydrogen) atoms. The molecule has 0 aliphatic rings. The highest BCUT2D eigenvalue weighted by atomic mass is 35.5. The molecule has 0 bridgehead atoms. The van der Waals surface area contributed by atoms with E-state index in [2.05, 4.69) is 155 Å². The van der Waals surface area contributed by atoms with Crippen molar-refractivity contribution in [1.82, 2.24) is 9.13 Å². The number of unbranched alkanes of at least 4 members (excludes halogenated alkanes) is 9. The molecule has 0 saturated carbocycles. The van der Waals surface area contributed by atoms with Gasteiger partial charge in [0.1, 0.15) is 44.4 Å². The first-order valence-corrected chi connectivity index (χ1v) is 17.4. The zero-order valence-electron chi connectivity index (χ0n) is 28.9. The van der Waals surface area contributed by atoms with Gasteiger partial charge in [-0.25, -0.2) is 18.3 Å². The third kappa shape index (κ3) is 14.1. The van der Waals surface area contributed by atoms with E-state index in [9.17, 15) is 0 Å². The van der Waals surface area contributed by atoms with Crippen molar-refractivity contribution in [2.24, 2.45) is 0 Å². The number of rotatable bonds is 17. The van der Waals surface area contributed by atoms with E-state index in [0.717, 1.165) is 26.2 Å². The van der Waals surface area contributed by atoms with Crippen molar-refractivity contribution in [2.45, 2.75) is 111 Å². The largest absolute Gasteiger partial charge is 1.00 e. The van der Waals surface area contributed by atoms with Gasteiger partial charge >= 0.3 is 0 Å². The Morgan fingerprint density at radius 2 is 0.851 bits per heavy atom. The minimum absolute atomic E-state index is 0. The van der Waals surface area contributed by atoms with Gasteiger partial charge in [0, 0.05) is 13.8 Å². The summed E-state index contributed by atoms with van der Waals surface area (Å²) in [5.74, 6) is 2.64. The minimum Gasteiger partial charge on any atom is -1.00 e. The normalized spacial score (nSPS) is 10.4. The Bertz CT molecular complexity index is 1420. The Kier molecular flexibility index (Phi) is 19.5. The van der Waals surface area contributed by atoms with Gasteiger partial charge in [-0.3, -0.25) is 0 Å². The fourth-order valence-corrected chi connectivity index (χ4v) is 5.93. The Morgan fingerprint density at radius 3 is 1.32 bits per heavy atom. The highest BCUT2D eigenvalue weighted by Crippen LogP contribution is 2.11. The molecule has 0 atom stereocenters. The molecule has 2 heterocycles. The van der Waals surface area contributed by atoms with Crippen LogP contribution in [0, 0.1) is 13.8 Å². The summed E-state index contributed by atoms with van der Waals surface area (Å²) < 4.78 is 9.34. The van der Waals surface area contributed by atoms with Gasteiger partial charge in [-0.2, -0.15) is 0 Å². The van der Waals surface area contributed by atoms with Gasteiger partial charge < -0.3 is 24.8 Å². The minimum atomic E-state index is 0. The molecule has 4 nitrogen and oxygen atoms in total. The van der Waals surface area contributed by atoms with Gasteiger partial charge in [-0.1, -0.05) is 149 Å². The number of imidazole rings is 2. The summed E-state index contributed by atoms with van der Waals surface area (Å²) in [6.07, 6.45) is 22.8. The average molecular weight is 676 g/mol. The Morgan fingerprint density at radius 1 is 0.468 bits per heavy atom. The van der Waals surface area contributed by atoms with E-state index in [1.165, 1.54) is 92.5 Å². The van der Waals surface area contributed by atoms with E-state index in [4.69, 9.17) is 0 Å². The fourth-order valence-electron chi connectivity index (χ4n) is 5.93. The molecule has 0 aliphatic carbocycles. The first-order chi connectivity index (χ1) is 22.1. The standard InChI is InChI=1S/C23H37N2.C18H19N2.2ClH/c1-3-4-5-6-7-8-9-10-11-15-18-24-19-20-25(22(24)2)21-23-16-13-12-14-17-23;1-16-19(14-17-8-4-2-5-9-17)12-13-20(16)15-18-10-6-3-7-11-18;;/h12-14,16-17,19-20H,3-11,15,18,21H2,1-2H3;2-13H,14-15H2,1H3;2*1H/q2*+1;;/p-2. The van der Waals surface area contributed by atoms with E-state index in [-0.39, 0.29) is 24.8 Å². The zero-order chi connectivity index (χ0) is 31.5. The second kappa shape index (κ2) is 23.1. The lowest BCUT2D eigenvalue weighted by atomic mass is 10.1. The van der Waals surface area contributed by atoms with Crippen molar-refractivity contribution >= 4 is 0 Å². The maximum Gasteiger partial charge on any atom is 0.253 e. The van der Waals surface area contributed by atoms with Crippen LogP contribution in [0.25, 0.3) is 0 Å². The van der Waals surface area contributed by atoms with Gasteiger partial charge in [-0.05, 0) is 29.5 Å². The van der Waals surface area contributed by atoms with Crippen molar-refractivity contribution in [3.8, 4) is 0 Å². The van der Waals surface area contributed by atoms with Crippen molar-refractivity contribution in [2.75, 3.05) is 0 Å². The number of aryl methyl sites for hydroxylation is 1. The maximum atomic E-state index is 2.41. The van der Waals surface area contributed by atoms with Crippen LogP contribution in [-0.4, -0.2) is 9.13 Å². The van der Waals surface area contributed by atoms with Crippen molar-refractivity contribution in [1.29, 1.82) is 0 Å². The first kappa shape index (κ1) is 39.8. The van der Waals surface area contributed by atoms with E-state index >= 15 is 0 Å². The number of aromatic nitrogens is 4. The van der Waals surface area contributed by atoms with Crippen molar-refractivity contribution < 1.29 is 33.9 Å². The third-order valence-electron chi connectivity index (χ3n) is 8.86. The fraction of sp³-hybridized carbons (Fsp3) is 0.415. The van der Waals surface area contributed by atoms with E-state index in [0.29, 0.717) is 0 Å². The molecule has 6 heteroatoms. The summed E-state index contributed by atoms with van der Waals surface area (Å²) in [4.78, 5) is 0. The van der Waals surface area contributed by atoms with Crippen LogP contribution in [0.4, 0.5) is 0 Å². The van der Waals surface area contributed by atoms with Crippen LogP contribution in [0.2, 0.25) is 0 Å². The Balaban J connectivity index is 0.000000319. The molecule has 0 radical (unpaired) electrons. The second-order valence-electron chi connectivity index (χ2n) is 12.4. The number of hydrogen-bond donors (Lipinski definition) is 0. The lowest BCUT2D eigenvalue weighted by Gasteiger charge is -2.03. The van der Waals surface area contributed by atoms with Gasteiger partial charge in [0.25, 0.3) is 11.6 Å². The van der Waals surface area contributed by atoms with Gasteiger partial charge in [-0.15, -0.1) is 0 Å². The van der Waals surface area contributed by atoms with E-state index in [1.807, 2.05) is 0 Å². The second-order valence-corrected chi connectivity index (χ2v) is 12.4. The van der Waals surface area contributed by atoms with Crippen LogP contribution >= 0.6 is 0 Å². The van der Waals surface area contributed by atoms with Crippen molar-refractivity contribution in [3.63, 3.8) is 0 Å². The van der Waals surface area contributed by atoms with Crippen LogP contribution in [0.5, 0.6) is 0 Å². The molecule has 254 valence electrons. The van der Waals surface area contributed by atoms with Crippen LogP contribution < -0.4 is 33.9 Å². The summed E-state index contributed by atoms with van der Waals surface area (Å²) in [6.45, 7) is 10.7. The quantitative estimate of drug-likeness (QED) is 0.107. The lowest BCUT2D eigenvalue weighted by molar-refractivity contribution is -0.694. The van der Waals surface area contributed by atoms with Crippen LogP contribution in [0.3, 0.4) is 0 Å². The summed E-state index contributed by atoms with van der Waals surface area (Å²) in [5.41, 5.74) is 4.03. The van der Waals surface area contributed by atoms with Gasteiger partial charge in [0.2, 0.25) is 0 Å². The molecule has 5 rings (SSSR count). The van der Waals surface area contributed by atoms with E-state index in [1.54, 1.807) is 0 Å². The summed E-state index contributed by atoms with van der Waals surface area (Å²) in [7, 11) is 0. The predicted octanol–water partition coefficient (Wildman–Crippen LogP) is 3.24. The Hall–Kier alpha value is -3.34. The first-order valence-electron chi connectivity index (χ1n) is 17.4. The zero-order valence-corrected chi connectivity index (χ0v) is 30.4. The molecule has 0 aliphatic heterocycles. The van der Waals surface area contributed by atoms with E-state index < -0.39 is 0 Å².